The number of hydrogen-bond acceptors (Lipinski definition) is 2. The van der Waals surface area contributed by atoms with Gasteiger partial charge in [0.15, 0.2) is 0 Å². The molecule has 1 aliphatic heterocycles. The highest BCUT2D eigenvalue weighted by molar-refractivity contribution is 6.35. The summed E-state index contributed by atoms with van der Waals surface area (Å²) in [4.78, 5) is 14.0. The molecule has 2 rings (SSSR count). The molecule has 1 N–H and O–H groups in total. The predicted molar refractivity (Wildman–Crippen MR) is 75.5 cm³/mol. The minimum Gasteiger partial charge on any atom is -0.311 e. The number of halogens is 2. The molecule has 1 heterocycles. The summed E-state index contributed by atoms with van der Waals surface area (Å²) in [7, 11) is 0. The molecule has 98 valence electrons. The highest BCUT2D eigenvalue weighted by atomic mass is 35.5. The van der Waals surface area contributed by atoms with Crippen molar-refractivity contribution in [2.75, 3.05) is 11.4 Å². The summed E-state index contributed by atoms with van der Waals surface area (Å²) in [5, 5.41) is 4.36. The molecule has 0 aromatic heterocycles. The van der Waals surface area contributed by atoms with Gasteiger partial charge < -0.3 is 10.2 Å². The standard InChI is InChI=1S/C13H16Cl2N2O/c1-8(2)16-12-3-4-17(13(12)18)11-6-9(14)5-10(15)7-11/h5-8,12,16H,3-4H2,1-2H3. The number of nitrogens with one attached hydrogen (secondary N) is 1. The van der Waals surface area contributed by atoms with Crippen LogP contribution in [0.5, 0.6) is 0 Å². The zero-order chi connectivity index (χ0) is 13.3. The summed E-state index contributed by atoms with van der Waals surface area (Å²) in [6.45, 7) is 4.76. The zero-order valence-electron chi connectivity index (χ0n) is 10.4. The second-order valence-electron chi connectivity index (χ2n) is 4.78. The van der Waals surface area contributed by atoms with Crippen LogP contribution in [0, 0.1) is 0 Å². The van der Waals surface area contributed by atoms with Gasteiger partial charge in [0, 0.05) is 28.3 Å². The van der Waals surface area contributed by atoms with Gasteiger partial charge in [-0.2, -0.15) is 0 Å². The molecule has 1 aromatic carbocycles. The molecule has 3 nitrogen and oxygen atoms in total. The Kier molecular flexibility index (Phi) is 4.15. The zero-order valence-corrected chi connectivity index (χ0v) is 11.9. The Hall–Kier alpha value is -0.770. The third kappa shape index (κ3) is 2.97. The lowest BCUT2D eigenvalue weighted by Gasteiger charge is -2.19. The van der Waals surface area contributed by atoms with Crippen LogP contribution in [0.25, 0.3) is 0 Å². The van der Waals surface area contributed by atoms with Gasteiger partial charge in [0.2, 0.25) is 5.91 Å². The Labute approximate surface area is 117 Å². The molecule has 0 bridgehead atoms. The largest absolute Gasteiger partial charge is 0.311 e. The van der Waals surface area contributed by atoms with Gasteiger partial charge in [-0.05, 0) is 24.6 Å². The van der Waals surface area contributed by atoms with E-state index in [0.717, 1.165) is 12.1 Å². The van der Waals surface area contributed by atoms with Crippen LogP contribution in [0.3, 0.4) is 0 Å². The highest BCUT2D eigenvalue weighted by Gasteiger charge is 2.32. The molecule has 0 spiro atoms. The molecule has 0 aliphatic carbocycles. The molecule has 1 atom stereocenters. The van der Waals surface area contributed by atoms with E-state index in [9.17, 15) is 4.79 Å². The van der Waals surface area contributed by atoms with Gasteiger partial charge >= 0.3 is 0 Å². The maximum absolute atomic E-state index is 12.2. The Bertz CT molecular complexity index is 442. The van der Waals surface area contributed by atoms with Crippen molar-refractivity contribution in [1.82, 2.24) is 5.32 Å². The molecular weight excluding hydrogens is 271 g/mol. The second kappa shape index (κ2) is 5.47. The third-order valence-electron chi connectivity index (χ3n) is 2.90. The number of benzene rings is 1. The first-order valence-electron chi connectivity index (χ1n) is 6.01. The Morgan fingerprint density at radius 2 is 1.89 bits per heavy atom. The van der Waals surface area contributed by atoms with E-state index in [1.54, 1.807) is 23.1 Å². The summed E-state index contributed by atoms with van der Waals surface area (Å²) >= 11 is 11.9. The molecule has 0 radical (unpaired) electrons. The molecule has 1 aliphatic rings. The lowest BCUT2D eigenvalue weighted by atomic mass is 10.2. The van der Waals surface area contributed by atoms with Crippen molar-refractivity contribution in [3.63, 3.8) is 0 Å². The van der Waals surface area contributed by atoms with Crippen molar-refractivity contribution in [3.8, 4) is 0 Å². The van der Waals surface area contributed by atoms with Gasteiger partial charge in [0.25, 0.3) is 0 Å². The highest BCUT2D eigenvalue weighted by Crippen LogP contribution is 2.28. The third-order valence-corrected chi connectivity index (χ3v) is 3.34. The van der Waals surface area contributed by atoms with Gasteiger partial charge in [0.05, 0.1) is 6.04 Å². The lowest BCUT2D eigenvalue weighted by molar-refractivity contribution is -0.118. The van der Waals surface area contributed by atoms with Crippen LogP contribution in [-0.2, 0) is 4.79 Å². The Balaban J connectivity index is 2.18. The van der Waals surface area contributed by atoms with Crippen LogP contribution in [-0.4, -0.2) is 24.5 Å². The van der Waals surface area contributed by atoms with E-state index < -0.39 is 0 Å². The van der Waals surface area contributed by atoms with Crippen molar-refractivity contribution in [1.29, 1.82) is 0 Å². The van der Waals surface area contributed by atoms with E-state index in [1.807, 2.05) is 13.8 Å². The molecule has 1 fully saturated rings. The molecule has 18 heavy (non-hydrogen) atoms. The lowest BCUT2D eigenvalue weighted by Crippen LogP contribution is -2.41. The monoisotopic (exact) mass is 286 g/mol. The van der Waals surface area contributed by atoms with Crippen LogP contribution in [0.2, 0.25) is 10.0 Å². The first kappa shape index (κ1) is 13.7. The summed E-state index contributed by atoms with van der Waals surface area (Å²) in [5.41, 5.74) is 0.769. The average molecular weight is 287 g/mol. The fourth-order valence-electron chi connectivity index (χ4n) is 2.19. The number of carbonyl (C=O) groups is 1. The number of nitrogens with zero attached hydrogens (tertiary/aromatic N) is 1. The minimum absolute atomic E-state index is 0.0852. The molecular formula is C13H16Cl2N2O. The molecule has 1 aromatic rings. The summed E-state index contributed by atoms with van der Waals surface area (Å²) in [5.74, 6) is 0.0852. The smallest absolute Gasteiger partial charge is 0.244 e. The molecule has 1 unspecified atom stereocenters. The molecule has 0 saturated carbocycles. The van der Waals surface area contributed by atoms with E-state index in [0.29, 0.717) is 22.6 Å². The molecule has 1 amide bonds. The van der Waals surface area contributed by atoms with Crippen LogP contribution in [0.4, 0.5) is 5.69 Å². The van der Waals surface area contributed by atoms with E-state index in [1.165, 1.54) is 0 Å². The maximum atomic E-state index is 12.2. The predicted octanol–water partition coefficient (Wildman–Crippen LogP) is 3.10. The van der Waals surface area contributed by atoms with Gasteiger partial charge in [-0.15, -0.1) is 0 Å². The topological polar surface area (TPSA) is 32.3 Å². The van der Waals surface area contributed by atoms with Crippen molar-refractivity contribution in [2.45, 2.75) is 32.4 Å². The van der Waals surface area contributed by atoms with Crippen molar-refractivity contribution >= 4 is 34.8 Å². The van der Waals surface area contributed by atoms with E-state index in [2.05, 4.69) is 5.32 Å². The van der Waals surface area contributed by atoms with E-state index >= 15 is 0 Å². The Morgan fingerprint density at radius 1 is 1.28 bits per heavy atom. The van der Waals surface area contributed by atoms with Crippen LogP contribution in [0.15, 0.2) is 18.2 Å². The van der Waals surface area contributed by atoms with Crippen molar-refractivity contribution in [3.05, 3.63) is 28.2 Å². The van der Waals surface area contributed by atoms with Gasteiger partial charge in [-0.3, -0.25) is 4.79 Å². The quantitative estimate of drug-likeness (QED) is 0.926. The first-order valence-corrected chi connectivity index (χ1v) is 6.76. The van der Waals surface area contributed by atoms with Crippen LogP contribution < -0.4 is 10.2 Å². The number of rotatable bonds is 3. The number of amides is 1. The average Bonchev–Trinajstić information content (AvgIpc) is 2.58. The van der Waals surface area contributed by atoms with Gasteiger partial charge in [0.1, 0.15) is 0 Å². The summed E-state index contributed by atoms with van der Waals surface area (Å²) in [6, 6.07) is 5.38. The number of hydrogen-bond donors (Lipinski definition) is 1. The second-order valence-corrected chi connectivity index (χ2v) is 5.65. The Morgan fingerprint density at radius 3 is 2.44 bits per heavy atom. The van der Waals surface area contributed by atoms with Gasteiger partial charge in [-0.1, -0.05) is 37.0 Å². The number of anilines is 1. The van der Waals surface area contributed by atoms with Crippen LogP contribution in [0.1, 0.15) is 20.3 Å². The first-order chi connectivity index (χ1) is 8.47. The summed E-state index contributed by atoms with van der Waals surface area (Å²) in [6.07, 6.45) is 0.807. The fraction of sp³-hybridized carbons (Fsp3) is 0.462. The maximum Gasteiger partial charge on any atom is 0.244 e. The number of carbonyl (C=O) groups excluding carboxylic acids is 1. The van der Waals surface area contributed by atoms with Crippen molar-refractivity contribution in [2.24, 2.45) is 0 Å². The van der Waals surface area contributed by atoms with Crippen molar-refractivity contribution < 1.29 is 4.79 Å². The normalized spacial score (nSPS) is 19.9. The van der Waals surface area contributed by atoms with Gasteiger partial charge in [-0.25, -0.2) is 0 Å². The minimum atomic E-state index is -0.109. The molecule has 5 heteroatoms. The summed E-state index contributed by atoms with van der Waals surface area (Å²) < 4.78 is 0. The fourth-order valence-corrected chi connectivity index (χ4v) is 2.70. The van der Waals surface area contributed by atoms with Crippen LogP contribution >= 0.6 is 23.2 Å². The molecule has 1 saturated heterocycles. The van der Waals surface area contributed by atoms with E-state index in [4.69, 9.17) is 23.2 Å². The SMILES string of the molecule is CC(C)NC1CCN(c2cc(Cl)cc(Cl)c2)C1=O. The van der Waals surface area contributed by atoms with E-state index in [-0.39, 0.29) is 11.9 Å².